The molecule has 0 radical (unpaired) electrons. The van der Waals surface area contributed by atoms with Crippen molar-refractivity contribution in [2.75, 3.05) is 19.7 Å². The molecule has 20 heavy (non-hydrogen) atoms. The van der Waals surface area contributed by atoms with Crippen LogP contribution >= 0.6 is 12.4 Å². The molecular weight excluding hydrogens is 276 g/mol. The topological polar surface area (TPSA) is 55.6 Å². The molecule has 5 heteroatoms. The number of halogens is 1. The first kappa shape index (κ1) is 16.8. The molecule has 0 aromatic heterocycles. The van der Waals surface area contributed by atoms with Crippen LogP contribution in [0.5, 0.6) is 5.75 Å². The molecule has 1 aliphatic rings. The summed E-state index contributed by atoms with van der Waals surface area (Å²) >= 11 is 0. The third kappa shape index (κ3) is 3.44. The Bertz CT molecular complexity index is 453. The summed E-state index contributed by atoms with van der Waals surface area (Å²) in [4.78, 5) is 14.5. The van der Waals surface area contributed by atoms with Crippen molar-refractivity contribution in [2.24, 2.45) is 11.7 Å². The van der Waals surface area contributed by atoms with Crippen molar-refractivity contribution in [1.82, 2.24) is 4.90 Å². The van der Waals surface area contributed by atoms with E-state index in [2.05, 4.69) is 6.92 Å². The molecule has 2 N–H and O–H groups in total. The van der Waals surface area contributed by atoms with Gasteiger partial charge in [0.1, 0.15) is 5.75 Å². The van der Waals surface area contributed by atoms with E-state index in [1.165, 1.54) is 0 Å². The normalized spacial score (nSPS) is 21.4. The highest BCUT2D eigenvalue weighted by molar-refractivity contribution is 5.97. The van der Waals surface area contributed by atoms with Crippen LogP contribution in [0.25, 0.3) is 0 Å². The average Bonchev–Trinajstić information content (AvgIpc) is 2.80. The molecule has 0 spiro atoms. The lowest BCUT2D eigenvalue weighted by molar-refractivity contribution is 0.0739. The smallest absolute Gasteiger partial charge is 0.257 e. The molecule has 1 fully saturated rings. The van der Waals surface area contributed by atoms with E-state index in [0.717, 1.165) is 13.0 Å². The van der Waals surface area contributed by atoms with Gasteiger partial charge in [-0.15, -0.1) is 12.4 Å². The molecule has 1 saturated heterocycles. The van der Waals surface area contributed by atoms with Gasteiger partial charge in [-0.3, -0.25) is 4.79 Å². The highest BCUT2D eigenvalue weighted by atomic mass is 35.5. The van der Waals surface area contributed by atoms with Crippen LogP contribution in [0.2, 0.25) is 0 Å². The standard InChI is InChI=1S/C15H22N2O2.ClH/c1-3-19-14-7-5-4-6-13(14)15(18)17-10-12(9-16)8-11(17)2;/h4-7,11-12H,3,8-10,16H2,1-2H3;1H. The zero-order valence-electron chi connectivity index (χ0n) is 12.0. The van der Waals surface area contributed by atoms with E-state index in [4.69, 9.17) is 10.5 Å². The summed E-state index contributed by atoms with van der Waals surface area (Å²) in [7, 11) is 0. The number of amides is 1. The van der Waals surface area contributed by atoms with Gasteiger partial charge in [0.2, 0.25) is 0 Å². The van der Waals surface area contributed by atoms with E-state index < -0.39 is 0 Å². The van der Waals surface area contributed by atoms with Crippen LogP contribution in [0.15, 0.2) is 24.3 Å². The van der Waals surface area contributed by atoms with E-state index in [1.807, 2.05) is 36.1 Å². The van der Waals surface area contributed by atoms with Gasteiger partial charge in [-0.25, -0.2) is 0 Å². The molecule has 2 rings (SSSR count). The fourth-order valence-corrected chi connectivity index (χ4v) is 2.68. The third-order valence-electron chi connectivity index (χ3n) is 3.67. The molecule has 0 aliphatic carbocycles. The second-order valence-electron chi connectivity index (χ2n) is 5.07. The van der Waals surface area contributed by atoms with E-state index in [1.54, 1.807) is 0 Å². The summed E-state index contributed by atoms with van der Waals surface area (Å²) in [5, 5.41) is 0. The molecule has 0 saturated carbocycles. The van der Waals surface area contributed by atoms with E-state index in [9.17, 15) is 4.79 Å². The van der Waals surface area contributed by atoms with Crippen molar-refractivity contribution in [1.29, 1.82) is 0 Å². The summed E-state index contributed by atoms with van der Waals surface area (Å²) in [6, 6.07) is 7.68. The lowest BCUT2D eigenvalue weighted by Crippen LogP contribution is -2.34. The van der Waals surface area contributed by atoms with Crippen LogP contribution in [-0.2, 0) is 0 Å². The number of hydrogen-bond donors (Lipinski definition) is 1. The fourth-order valence-electron chi connectivity index (χ4n) is 2.68. The fraction of sp³-hybridized carbons (Fsp3) is 0.533. The molecule has 1 aliphatic heterocycles. The van der Waals surface area contributed by atoms with Gasteiger partial charge >= 0.3 is 0 Å². The number of carbonyl (C=O) groups is 1. The van der Waals surface area contributed by atoms with Crippen LogP contribution in [0.3, 0.4) is 0 Å². The second kappa shape index (κ2) is 7.50. The van der Waals surface area contributed by atoms with Crippen LogP contribution in [0.1, 0.15) is 30.6 Å². The van der Waals surface area contributed by atoms with Crippen molar-refractivity contribution in [3.05, 3.63) is 29.8 Å². The Kier molecular flexibility index (Phi) is 6.30. The minimum Gasteiger partial charge on any atom is -0.493 e. The average molecular weight is 299 g/mol. The number of likely N-dealkylation sites (tertiary alicyclic amines) is 1. The molecule has 112 valence electrons. The number of nitrogens with zero attached hydrogens (tertiary/aromatic N) is 1. The lowest BCUT2D eigenvalue weighted by Gasteiger charge is -2.22. The highest BCUT2D eigenvalue weighted by Crippen LogP contribution is 2.27. The number of nitrogens with two attached hydrogens (primary N) is 1. The van der Waals surface area contributed by atoms with Crippen molar-refractivity contribution in [3.63, 3.8) is 0 Å². The van der Waals surface area contributed by atoms with Crippen molar-refractivity contribution < 1.29 is 9.53 Å². The second-order valence-corrected chi connectivity index (χ2v) is 5.07. The number of rotatable bonds is 4. The Balaban J connectivity index is 0.00000200. The number of benzene rings is 1. The zero-order chi connectivity index (χ0) is 13.8. The molecular formula is C15H23ClN2O2. The van der Waals surface area contributed by atoms with Crippen LogP contribution in [-0.4, -0.2) is 36.5 Å². The van der Waals surface area contributed by atoms with Gasteiger partial charge in [0.25, 0.3) is 5.91 Å². The minimum atomic E-state index is 0. The Labute approximate surface area is 126 Å². The van der Waals surface area contributed by atoms with Crippen molar-refractivity contribution >= 4 is 18.3 Å². The first-order chi connectivity index (χ1) is 9.17. The summed E-state index contributed by atoms with van der Waals surface area (Å²) in [5.41, 5.74) is 6.36. The minimum absolute atomic E-state index is 0. The third-order valence-corrected chi connectivity index (χ3v) is 3.67. The van der Waals surface area contributed by atoms with Gasteiger partial charge in [-0.2, -0.15) is 0 Å². The molecule has 1 aromatic rings. The zero-order valence-corrected chi connectivity index (χ0v) is 12.9. The molecule has 2 atom stereocenters. The molecule has 2 unspecified atom stereocenters. The molecule has 1 aromatic carbocycles. The SMILES string of the molecule is CCOc1ccccc1C(=O)N1CC(CN)CC1C.Cl. The Morgan fingerprint density at radius 2 is 2.15 bits per heavy atom. The molecule has 1 amide bonds. The lowest BCUT2D eigenvalue weighted by atomic mass is 10.1. The van der Waals surface area contributed by atoms with Gasteiger partial charge in [0.05, 0.1) is 12.2 Å². The maximum Gasteiger partial charge on any atom is 0.257 e. The maximum absolute atomic E-state index is 12.6. The predicted molar refractivity (Wildman–Crippen MR) is 82.5 cm³/mol. The van der Waals surface area contributed by atoms with Crippen LogP contribution in [0, 0.1) is 5.92 Å². The maximum atomic E-state index is 12.6. The summed E-state index contributed by atoms with van der Waals surface area (Å²) in [6.45, 7) is 5.95. The van der Waals surface area contributed by atoms with Gasteiger partial charge in [0.15, 0.2) is 0 Å². The largest absolute Gasteiger partial charge is 0.493 e. The molecule has 1 heterocycles. The Hall–Kier alpha value is -1.26. The number of carbonyl (C=O) groups excluding carboxylic acids is 1. The summed E-state index contributed by atoms with van der Waals surface area (Å²) < 4.78 is 5.53. The predicted octanol–water partition coefficient (Wildman–Crippen LogP) is 2.32. The summed E-state index contributed by atoms with van der Waals surface area (Å²) in [6.07, 6.45) is 0.985. The highest BCUT2D eigenvalue weighted by Gasteiger charge is 2.33. The van der Waals surface area contributed by atoms with Gasteiger partial charge in [0, 0.05) is 12.6 Å². The van der Waals surface area contributed by atoms with Crippen molar-refractivity contribution in [3.8, 4) is 5.75 Å². The van der Waals surface area contributed by atoms with Crippen LogP contribution < -0.4 is 10.5 Å². The van der Waals surface area contributed by atoms with E-state index in [-0.39, 0.29) is 24.4 Å². The van der Waals surface area contributed by atoms with E-state index >= 15 is 0 Å². The number of hydrogen-bond acceptors (Lipinski definition) is 3. The monoisotopic (exact) mass is 298 g/mol. The first-order valence-electron chi connectivity index (χ1n) is 6.90. The summed E-state index contributed by atoms with van der Waals surface area (Å²) in [5.74, 6) is 1.13. The first-order valence-corrected chi connectivity index (χ1v) is 6.90. The van der Waals surface area contributed by atoms with Crippen LogP contribution in [0.4, 0.5) is 0 Å². The number of para-hydroxylation sites is 1. The molecule has 0 bridgehead atoms. The number of ether oxygens (including phenoxy) is 1. The van der Waals surface area contributed by atoms with Crippen molar-refractivity contribution in [2.45, 2.75) is 26.3 Å². The molecule has 4 nitrogen and oxygen atoms in total. The van der Waals surface area contributed by atoms with Gasteiger partial charge < -0.3 is 15.4 Å². The van der Waals surface area contributed by atoms with Gasteiger partial charge in [-0.05, 0) is 44.9 Å². The quantitative estimate of drug-likeness (QED) is 0.928. The Morgan fingerprint density at radius 1 is 1.45 bits per heavy atom. The Morgan fingerprint density at radius 3 is 2.75 bits per heavy atom. The van der Waals surface area contributed by atoms with Gasteiger partial charge in [-0.1, -0.05) is 12.1 Å². The van der Waals surface area contributed by atoms with E-state index in [0.29, 0.717) is 30.4 Å².